The molecular formula is C12H26O2. The van der Waals surface area contributed by atoms with E-state index in [4.69, 9.17) is 9.47 Å². The zero-order valence-corrected chi connectivity index (χ0v) is 10.3. The summed E-state index contributed by atoms with van der Waals surface area (Å²) in [5, 5.41) is 0. The van der Waals surface area contributed by atoms with Gasteiger partial charge in [0.05, 0.1) is 13.2 Å². The van der Waals surface area contributed by atoms with Crippen LogP contribution in [0.4, 0.5) is 0 Å². The third-order valence-electron chi connectivity index (χ3n) is 2.28. The summed E-state index contributed by atoms with van der Waals surface area (Å²) < 4.78 is 11.4. The Balaban J connectivity index is 0.000000791. The highest BCUT2D eigenvalue weighted by Crippen LogP contribution is 2.28. The molecule has 0 unspecified atom stereocenters. The van der Waals surface area contributed by atoms with E-state index in [2.05, 4.69) is 13.8 Å². The first-order valence-electron chi connectivity index (χ1n) is 6.11. The van der Waals surface area contributed by atoms with Crippen molar-refractivity contribution in [3.05, 3.63) is 0 Å². The van der Waals surface area contributed by atoms with Gasteiger partial charge < -0.3 is 9.47 Å². The van der Waals surface area contributed by atoms with Gasteiger partial charge in [-0.3, -0.25) is 0 Å². The number of rotatable bonds is 4. The Hall–Kier alpha value is -0.0800. The van der Waals surface area contributed by atoms with Crippen molar-refractivity contribution < 1.29 is 9.47 Å². The van der Waals surface area contributed by atoms with Gasteiger partial charge >= 0.3 is 0 Å². The lowest BCUT2D eigenvalue weighted by molar-refractivity contribution is -0.273. The maximum Gasteiger partial charge on any atom is 0.168 e. The predicted octanol–water partition coefficient (Wildman–Crippen LogP) is 3.75. The zero-order chi connectivity index (χ0) is 10.9. The van der Waals surface area contributed by atoms with Crippen LogP contribution in [0.25, 0.3) is 0 Å². The second-order valence-corrected chi connectivity index (χ2v) is 3.46. The summed E-state index contributed by atoms with van der Waals surface area (Å²) in [6.45, 7) is 10.1. The fourth-order valence-electron chi connectivity index (χ4n) is 1.79. The quantitative estimate of drug-likeness (QED) is 0.691. The van der Waals surface area contributed by atoms with Crippen LogP contribution in [0.1, 0.15) is 59.8 Å². The van der Waals surface area contributed by atoms with Crippen molar-refractivity contribution in [3.8, 4) is 0 Å². The molecule has 2 nitrogen and oxygen atoms in total. The van der Waals surface area contributed by atoms with Crippen LogP contribution in [0.5, 0.6) is 0 Å². The van der Waals surface area contributed by atoms with E-state index in [-0.39, 0.29) is 5.79 Å². The highest BCUT2D eigenvalue weighted by Gasteiger charge is 2.32. The summed E-state index contributed by atoms with van der Waals surface area (Å²) in [6, 6.07) is 0. The fraction of sp³-hybridized carbons (Fsp3) is 1.00. The topological polar surface area (TPSA) is 18.5 Å². The molecule has 0 aromatic carbocycles. The first-order valence-corrected chi connectivity index (χ1v) is 6.11. The van der Waals surface area contributed by atoms with E-state index in [0.29, 0.717) is 0 Å². The molecule has 0 aromatic heterocycles. The number of ether oxygens (including phenoxy) is 2. The third-order valence-corrected chi connectivity index (χ3v) is 2.28. The van der Waals surface area contributed by atoms with Crippen LogP contribution in [-0.4, -0.2) is 19.0 Å². The normalized spacial score (nSPS) is 19.7. The van der Waals surface area contributed by atoms with Crippen LogP contribution in [0, 0.1) is 0 Å². The monoisotopic (exact) mass is 202 g/mol. The van der Waals surface area contributed by atoms with Crippen molar-refractivity contribution in [2.45, 2.75) is 65.6 Å². The van der Waals surface area contributed by atoms with E-state index >= 15 is 0 Å². The molecule has 0 spiro atoms. The van der Waals surface area contributed by atoms with Crippen LogP contribution in [-0.2, 0) is 9.47 Å². The van der Waals surface area contributed by atoms with E-state index < -0.39 is 0 Å². The highest BCUT2D eigenvalue weighted by atomic mass is 16.7. The van der Waals surface area contributed by atoms with Gasteiger partial charge in [-0.1, -0.05) is 40.5 Å². The average Bonchev–Trinajstić information content (AvgIpc) is 2.23. The summed E-state index contributed by atoms with van der Waals surface area (Å²) in [7, 11) is 0. The molecule has 86 valence electrons. The van der Waals surface area contributed by atoms with E-state index in [9.17, 15) is 0 Å². The molecule has 14 heavy (non-hydrogen) atoms. The van der Waals surface area contributed by atoms with Crippen LogP contribution in [0.15, 0.2) is 0 Å². The van der Waals surface area contributed by atoms with Gasteiger partial charge in [-0.05, 0) is 6.42 Å². The molecule has 1 aliphatic rings. The largest absolute Gasteiger partial charge is 0.350 e. The molecule has 0 aromatic rings. The Morgan fingerprint density at radius 1 is 0.929 bits per heavy atom. The minimum Gasteiger partial charge on any atom is -0.350 e. The first-order chi connectivity index (χ1) is 6.83. The second kappa shape index (κ2) is 8.25. The lowest BCUT2D eigenvalue weighted by Gasteiger charge is -2.37. The fourth-order valence-corrected chi connectivity index (χ4v) is 1.79. The van der Waals surface area contributed by atoms with Crippen LogP contribution in [0.2, 0.25) is 0 Å². The average molecular weight is 202 g/mol. The van der Waals surface area contributed by atoms with E-state index in [0.717, 1.165) is 45.3 Å². The van der Waals surface area contributed by atoms with Crippen molar-refractivity contribution in [2.24, 2.45) is 0 Å². The van der Waals surface area contributed by atoms with Gasteiger partial charge in [-0.25, -0.2) is 0 Å². The molecule has 1 rings (SSSR count). The lowest BCUT2D eigenvalue weighted by atomic mass is 10.0. The van der Waals surface area contributed by atoms with E-state index in [1.165, 1.54) is 0 Å². The van der Waals surface area contributed by atoms with Gasteiger partial charge in [-0.2, -0.15) is 0 Å². The van der Waals surface area contributed by atoms with Crippen LogP contribution < -0.4 is 0 Å². The first kappa shape index (κ1) is 13.9. The standard InChI is InChI=1S/C10H20O2.C2H6/c1-3-6-10(7-4-2)11-8-5-9-12-10;1-2/h3-9H2,1-2H3;1-2H3. The Kier molecular flexibility index (Phi) is 8.20. The Bertz CT molecular complexity index is 102. The number of hydrogen-bond acceptors (Lipinski definition) is 2. The van der Waals surface area contributed by atoms with Gasteiger partial charge in [0, 0.05) is 12.8 Å². The molecule has 0 saturated carbocycles. The van der Waals surface area contributed by atoms with Gasteiger partial charge in [0.2, 0.25) is 0 Å². The van der Waals surface area contributed by atoms with Gasteiger partial charge in [0.25, 0.3) is 0 Å². The number of hydrogen-bond donors (Lipinski definition) is 0. The Labute approximate surface area is 89.0 Å². The highest BCUT2D eigenvalue weighted by molar-refractivity contribution is 4.71. The van der Waals surface area contributed by atoms with E-state index in [1.54, 1.807) is 0 Å². The third kappa shape index (κ3) is 4.43. The molecule has 1 fully saturated rings. The van der Waals surface area contributed by atoms with Crippen molar-refractivity contribution in [1.29, 1.82) is 0 Å². The molecule has 0 atom stereocenters. The molecule has 0 bridgehead atoms. The SMILES string of the molecule is CC.CCCC1(CCC)OCCCO1. The summed E-state index contributed by atoms with van der Waals surface area (Å²) in [5.41, 5.74) is 0. The Morgan fingerprint density at radius 3 is 1.71 bits per heavy atom. The van der Waals surface area contributed by atoms with Crippen LogP contribution >= 0.6 is 0 Å². The van der Waals surface area contributed by atoms with Crippen LogP contribution in [0.3, 0.4) is 0 Å². The summed E-state index contributed by atoms with van der Waals surface area (Å²) in [6.07, 6.45) is 5.41. The van der Waals surface area contributed by atoms with Gasteiger partial charge in [0.1, 0.15) is 0 Å². The molecule has 1 aliphatic heterocycles. The van der Waals surface area contributed by atoms with E-state index in [1.807, 2.05) is 13.8 Å². The van der Waals surface area contributed by atoms with Crippen molar-refractivity contribution in [2.75, 3.05) is 13.2 Å². The summed E-state index contributed by atoms with van der Waals surface area (Å²) >= 11 is 0. The molecule has 0 aliphatic carbocycles. The molecule has 0 radical (unpaired) electrons. The van der Waals surface area contributed by atoms with Crippen molar-refractivity contribution in [1.82, 2.24) is 0 Å². The smallest absolute Gasteiger partial charge is 0.168 e. The molecule has 1 saturated heterocycles. The minimum absolute atomic E-state index is 0.220. The lowest BCUT2D eigenvalue weighted by Crippen LogP contribution is -2.40. The molecule has 0 N–H and O–H groups in total. The second-order valence-electron chi connectivity index (χ2n) is 3.46. The zero-order valence-electron chi connectivity index (χ0n) is 10.3. The summed E-state index contributed by atoms with van der Waals surface area (Å²) in [4.78, 5) is 0. The van der Waals surface area contributed by atoms with Crippen molar-refractivity contribution in [3.63, 3.8) is 0 Å². The predicted molar refractivity (Wildman–Crippen MR) is 60.4 cm³/mol. The van der Waals surface area contributed by atoms with Gasteiger partial charge in [-0.15, -0.1) is 0 Å². The summed E-state index contributed by atoms with van der Waals surface area (Å²) in [5.74, 6) is -0.220. The minimum atomic E-state index is -0.220. The Morgan fingerprint density at radius 2 is 1.36 bits per heavy atom. The molecule has 0 amide bonds. The maximum atomic E-state index is 5.72. The maximum absolute atomic E-state index is 5.72. The molecule has 1 heterocycles. The van der Waals surface area contributed by atoms with Gasteiger partial charge in [0.15, 0.2) is 5.79 Å². The molecular weight excluding hydrogens is 176 g/mol. The molecule has 2 heteroatoms. The van der Waals surface area contributed by atoms with Crippen molar-refractivity contribution >= 4 is 0 Å².